The Labute approximate surface area is 155 Å². The summed E-state index contributed by atoms with van der Waals surface area (Å²) in [7, 11) is 0. The van der Waals surface area contributed by atoms with Crippen molar-refractivity contribution < 1.29 is 4.79 Å². The third kappa shape index (κ3) is 4.82. The minimum atomic E-state index is 0. The number of carbonyl (C=O) groups is 1. The van der Waals surface area contributed by atoms with Gasteiger partial charge in [-0.3, -0.25) is 9.69 Å². The van der Waals surface area contributed by atoms with Crippen molar-refractivity contribution in [1.29, 1.82) is 0 Å². The second-order valence-corrected chi connectivity index (χ2v) is 6.74. The van der Waals surface area contributed by atoms with E-state index in [2.05, 4.69) is 28.4 Å². The molecule has 2 aromatic carbocycles. The van der Waals surface area contributed by atoms with Crippen LogP contribution < -0.4 is 11.1 Å². The molecule has 3 rings (SSSR count). The Balaban J connectivity index is 0.00000225. The van der Waals surface area contributed by atoms with Crippen LogP contribution in [0.25, 0.3) is 0 Å². The van der Waals surface area contributed by atoms with Crippen LogP contribution in [0.15, 0.2) is 48.5 Å². The molecular formula is C20H26ClN3O. The number of rotatable bonds is 4. The highest BCUT2D eigenvalue weighted by Crippen LogP contribution is 2.26. The van der Waals surface area contributed by atoms with Gasteiger partial charge >= 0.3 is 0 Å². The second kappa shape index (κ2) is 8.48. The van der Waals surface area contributed by atoms with E-state index in [9.17, 15) is 4.79 Å². The molecule has 0 unspecified atom stereocenters. The number of halogens is 1. The number of likely N-dealkylation sites (tertiary alicyclic amines) is 1. The van der Waals surface area contributed by atoms with E-state index in [1.165, 1.54) is 5.56 Å². The van der Waals surface area contributed by atoms with Gasteiger partial charge in [0.2, 0.25) is 5.91 Å². The number of anilines is 1. The van der Waals surface area contributed by atoms with Crippen LogP contribution in [-0.2, 0) is 4.79 Å². The molecular weight excluding hydrogens is 334 g/mol. The Bertz CT molecular complexity index is 720. The van der Waals surface area contributed by atoms with Crippen LogP contribution in [0.2, 0.25) is 0 Å². The molecule has 1 heterocycles. The first-order valence-electron chi connectivity index (χ1n) is 8.43. The van der Waals surface area contributed by atoms with Crippen molar-refractivity contribution in [2.24, 2.45) is 5.73 Å². The molecule has 0 radical (unpaired) electrons. The molecule has 1 amide bonds. The number of amides is 1. The molecule has 1 fully saturated rings. The summed E-state index contributed by atoms with van der Waals surface area (Å²) in [6.07, 6.45) is 0. The molecule has 0 bridgehead atoms. The van der Waals surface area contributed by atoms with Gasteiger partial charge < -0.3 is 11.1 Å². The third-order valence-corrected chi connectivity index (χ3v) is 4.70. The zero-order valence-electron chi connectivity index (χ0n) is 14.7. The van der Waals surface area contributed by atoms with Gasteiger partial charge in [-0.1, -0.05) is 42.5 Å². The standard InChI is InChI=1S/C20H25N3O.ClH/c1-14-8-9-15(2)19(10-14)22-20(24)13-23-11-17(18(21)12-23)16-6-4-3-5-7-16;/h3-10,17-18H,11-13,21H2,1-2H3,(H,22,24);1H/t17-,18+;/m0./s1. The molecule has 0 spiro atoms. The summed E-state index contributed by atoms with van der Waals surface area (Å²) < 4.78 is 0. The average molecular weight is 360 g/mol. The van der Waals surface area contributed by atoms with Gasteiger partial charge in [0.25, 0.3) is 0 Å². The summed E-state index contributed by atoms with van der Waals surface area (Å²) in [4.78, 5) is 14.5. The number of nitrogens with one attached hydrogen (secondary N) is 1. The molecule has 1 aliphatic heterocycles. The van der Waals surface area contributed by atoms with Crippen LogP contribution in [0.4, 0.5) is 5.69 Å². The number of aryl methyl sites for hydroxylation is 2. The van der Waals surface area contributed by atoms with Crippen molar-refractivity contribution in [3.63, 3.8) is 0 Å². The predicted octanol–water partition coefficient (Wildman–Crippen LogP) is 3.09. The van der Waals surface area contributed by atoms with Crippen LogP contribution in [0.1, 0.15) is 22.6 Å². The number of carbonyl (C=O) groups excluding carboxylic acids is 1. The van der Waals surface area contributed by atoms with Crippen molar-refractivity contribution >= 4 is 24.0 Å². The Morgan fingerprint density at radius 1 is 1.16 bits per heavy atom. The molecule has 4 nitrogen and oxygen atoms in total. The molecule has 0 saturated carbocycles. The maximum Gasteiger partial charge on any atom is 0.238 e. The van der Waals surface area contributed by atoms with E-state index >= 15 is 0 Å². The van der Waals surface area contributed by atoms with Crippen molar-refractivity contribution in [3.05, 3.63) is 65.2 Å². The lowest BCUT2D eigenvalue weighted by Crippen LogP contribution is -2.33. The Kier molecular flexibility index (Phi) is 6.59. The molecule has 2 aromatic rings. The molecule has 2 atom stereocenters. The summed E-state index contributed by atoms with van der Waals surface area (Å²) >= 11 is 0. The zero-order chi connectivity index (χ0) is 17.1. The number of nitrogens with two attached hydrogens (primary N) is 1. The van der Waals surface area contributed by atoms with Gasteiger partial charge in [-0.05, 0) is 36.6 Å². The second-order valence-electron chi connectivity index (χ2n) is 6.74. The summed E-state index contributed by atoms with van der Waals surface area (Å²) in [5, 5.41) is 3.03. The Hall–Kier alpha value is -1.88. The fraction of sp³-hybridized carbons (Fsp3) is 0.350. The van der Waals surface area contributed by atoms with Gasteiger partial charge in [0.1, 0.15) is 0 Å². The van der Waals surface area contributed by atoms with E-state index in [4.69, 9.17) is 5.73 Å². The SMILES string of the molecule is Cc1ccc(C)c(NC(=O)CN2C[C@@H](N)[C@H](c3ccccc3)C2)c1.Cl. The molecule has 134 valence electrons. The van der Waals surface area contributed by atoms with Crippen LogP contribution in [0.3, 0.4) is 0 Å². The highest BCUT2D eigenvalue weighted by Gasteiger charge is 2.31. The van der Waals surface area contributed by atoms with E-state index in [1.54, 1.807) is 0 Å². The Morgan fingerprint density at radius 3 is 2.60 bits per heavy atom. The van der Waals surface area contributed by atoms with E-state index < -0.39 is 0 Å². The number of benzene rings is 2. The van der Waals surface area contributed by atoms with E-state index in [-0.39, 0.29) is 24.4 Å². The monoisotopic (exact) mass is 359 g/mol. The molecule has 0 aromatic heterocycles. The summed E-state index contributed by atoms with van der Waals surface area (Å²) in [6, 6.07) is 16.5. The van der Waals surface area contributed by atoms with Gasteiger partial charge in [0.05, 0.1) is 6.54 Å². The van der Waals surface area contributed by atoms with Crippen molar-refractivity contribution in [3.8, 4) is 0 Å². The van der Waals surface area contributed by atoms with E-state index in [0.717, 1.165) is 29.9 Å². The van der Waals surface area contributed by atoms with Crippen molar-refractivity contribution in [2.45, 2.75) is 25.8 Å². The van der Waals surface area contributed by atoms with Crippen LogP contribution in [-0.4, -0.2) is 36.5 Å². The maximum absolute atomic E-state index is 12.4. The van der Waals surface area contributed by atoms with E-state index in [0.29, 0.717) is 12.5 Å². The summed E-state index contributed by atoms with van der Waals surface area (Å²) in [5.41, 5.74) is 10.7. The number of hydrogen-bond donors (Lipinski definition) is 2. The maximum atomic E-state index is 12.4. The molecule has 25 heavy (non-hydrogen) atoms. The first-order chi connectivity index (χ1) is 11.5. The average Bonchev–Trinajstić information content (AvgIpc) is 2.92. The Morgan fingerprint density at radius 2 is 1.88 bits per heavy atom. The van der Waals surface area contributed by atoms with Gasteiger partial charge in [0, 0.05) is 30.7 Å². The van der Waals surface area contributed by atoms with Gasteiger partial charge in [0.15, 0.2) is 0 Å². The predicted molar refractivity (Wildman–Crippen MR) is 105 cm³/mol. The highest BCUT2D eigenvalue weighted by molar-refractivity contribution is 5.93. The summed E-state index contributed by atoms with van der Waals surface area (Å²) in [6.45, 7) is 5.99. The van der Waals surface area contributed by atoms with Gasteiger partial charge in [-0.15, -0.1) is 12.4 Å². The first kappa shape index (κ1) is 19.4. The van der Waals surface area contributed by atoms with Gasteiger partial charge in [-0.2, -0.15) is 0 Å². The van der Waals surface area contributed by atoms with Crippen LogP contribution in [0, 0.1) is 13.8 Å². The minimum absolute atomic E-state index is 0. The normalized spacial score (nSPS) is 20.1. The van der Waals surface area contributed by atoms with Crippen LogP contribution in [0.5, 0.6) is 0 Å². The third-order valence-electron chi connectivity index (χ3n) is 4.70. The molecule has 5 heteroatoms. The zero-order valence-corrected chi connectivity index (χ0v) is 15.6. The lowest BCUT2D eigenvalue weighted by atomic mass is 9.95. The topological polar surface area (TPSA) is 58.4 Å². The smallest absolute Gasteiger partial charge is 0.238 e. The minimum Gasteiger partial charge on any atom is -0.326 e. The lowest BCUT2D eigenvalue weighted by molar-refractivity contribution is -0.117. The highest BCUT2D eigenvalue weighted by atomic mass is 35.5. The quantitative estimate of drug-likeness (QED) is 0.881. The van der Waals surface area contributed by atoms with Crippen LogP contribution >= 0.6 is 12.4 Å². The lowest BCUT2D eigenvalue weighted by Gasteiger charge is -2.16. The fourth-order valence-electron chi connectivity index (χ4n) is 3.36. The van der Waals surface area contributed by atoms with Gasteiger partial charge in [-0.25, -0.2) is 0 Å². The number of nitrogens with zero attached hydrogens (tertiary/aromatic N) is 1. The molecule has 1 aliphatic rings. The largest absolute Gasteiger partial charge is 0.326 e. The molecule has 3 N–H and O–H groups in total. The molecule has 1 saturated heterocycles. The number of hydrogen-bond acceptors (Lipinski definition) is 3. The van der Waals surface area contributed by atoms with Crippen molar-refractivity contribution in [1.82, 2.24) is 4.90 Å². The van der Waals surface area contributed by atoms with E-state index in [1.807, 2.05) is 44.2 Å². The van der Waals surface area contributed by atoms with Crippen molar-refractivity contribution in [2.75, 3.05) is 25.0 Å². The molecule has 0 aliphatic carbocycles. The fourth-order valence-corrected chi connectivity index (χ4v) is 3.36. The first-order valence-corrected chi connectivity index (χ1v) is 8.43. The summed E-state index contributed by atoms with van der Waals surface area (Å²) in [5.74, 6) is 0.310.